The molecule has 112 valence electrons. The Kier molecular flexibility index (Phi) is 5.30. The molecule has 1 nitrogen and oxygen atoms in total. The van der Waals surface area contributed by atoms with Gasteiger partial charge in [-0.1, -0.05) is 57.5 Å². The molecule has 0 aliphatic rings. The zero-order valence-corrected chi connectivity index (χ0v) is 13.9. The van der Waals surface area contributed by atoms with Crippen LogP contribution in [0.4, 0.5) is 0 Å². The Morgan fingerprint density at radius 3 is 2.43 bits per heavy atom. The molecule has 0 unspecified atom stereocenters. The fourth-order valence-electron chi connectivity index (χ4n) is 2.30. The molecule has 0 fully saturated rings. The van der Waals surface area contributed by atoms with Crippen LogP contribution in [-0.4, -0.2) is 6.61 Å². The van der Waals surface area contributed by atoms with Gasteiger partial charge < -0.3 is 4.74 Å². The second kappa shape index (κ2) is 7.00. The quantitative estimate of drug-likeness (QED) is 0.642. The normalized spacial score (nSPS) is 11.2. The summed E-state index contributed by atoms with van der Waals surface area (Å²) < 4.78 is 5.83. The van der Waals surface area contributed by atoms with Gasteiger partial charge in [-0.25, -0.2) is 0 Å². The largest absolute Gasteiger partial charge is 0.493 e. The third-order valence-corrected chi connectivity index (χ3v) is 3.60. The van der Waals surface area contributed by atoms with Gasteiger partial charge >= 0.3 is 0 Å². The molecule has 0 aliphatic heterocycles. The van der Waals surface area contributed by atoms with E-state index in [1.807, 2.05) is 24.3 Å². The maximum absolute atomic E-state index is 6.18. The van der Waals surface area contributed by atoms with Gasteiger partial charge in [-0.2, -0.15) is 0 Å². The molecule has 0 radical (unpaired) electrons. The lowest BCUT2D eigenvalue weighted by Crippen LogP contribution is -2.04. The molecule has 0 bridgehead atoms. The van der Waals surface area contributed by atoms with E-state index in [9.17, 15) is 0 Å². The summed E-state index contributed by atoms with van der Waals surface area (Å²) in [6, 6.07) is 14.4. The molecule has 0 aromatic heterocycles. The average Bonchev–Trinajstić information content (AvgIpc) is 2.45. The third kappa shape index (κ3) is 4.25. The van der Waals surface area contributed by atoms with Gasteiger partial charge in [0.25, 0.3) is 0 Å². The molecule has 2 aromatic rings. The molecule has 21 heavy (non-hydrogen) atoms. The number of hydrogen-bond donors (Lipinski definition) is 0. The van der Waals surface area contributed by atoms with Gasteiger partial charge in [0, 0.05) is 5.02 Å². The van der Waals surface area contributed by atoms with Gasteiger partial charge in [0.05, 0.1) is 6.61 Å². The summed E-state index contributed by atoms with van der Waals surface area (Å²) in [4.78, 5) is 0. The average molecular weight is 303 g/mol. The van der Waals surface area contributed by atoms with E-state index in [1.165, 1.54) is 11.1 Å². The number of ether oxygens (including phenoxy) is 1. The molecule has 0 spiro atoms. The minimum Gasteiger partial charge on any atom is -0.493 e. The van der Waals surface area contributed by atoms with E-state index in [0.29, 0.717) is 11.8 Å². The second-order valence-corrected chi connectivity index (χ2v) is 6.56. The van der Waals surface area contributed by atoms with E-state index in [1.54, 1.807) is 0 Å². The summed E-state index contributed by atoms with van der Waals surface area (Å²) in [6.45, 7) is 9.43. The highest BCUT2D eigenvalue weighted by Gasteiger charge is 2.10. The molecule has 0 saturated heterocycles. The minimum absolute atomic E-state index is 0.456. The molecular weight excluding hydrogens is 280 g/mol. The highest BCUT2D eigenvalue weighted by molar-refractivity contribution is 6.30. The van der Waals surface area contributed by atoms with Crippen molar-refractivity contribution in [3.63, 3.8) is 0 Å². The molecule has 2 rings (SSSR count). The first-order valence-electron chi connectivity index (χ1n) is 7.50. The molecule has 0 atom stereocenters. The van der Waals surface area contributed by atoms with Crippen molar-refractivity contribution in [2.45, 2.75) is 33.6 Å². The van der Waals surface area contributed by atoms with Crippen LogP contribution in [0.5, 0.6) is 5.75 Å². The number of halogens is 1. The SMILES string of the molecule is CC(C)COc1cccc(-c2cc(Cl)ccc2C(C)C)c1. The topological polar surface area (TPSA) is 9.23 Å². The first-order valence-corrected chi connectivity index (χ1v) is 7.88. The van der Waals surface area contributed by atoms with Crippen LogP contribution in [0, 0.1) is 5.92 Å². The monoisotopic (exact) mass is 302 g/mol. The van der Waals surface area contributed by atoms with Crippen LogP contribution in [0.2, 0.25) is 5.02 Å². The molecule has 0 saturated carbocycles. The van der Waals surface area contributed by atoms with Crippen LogP contribution in [-0.2, 0) is 0 Å². The van der Waals surface area contributed by atoms with Gasteiger partial charge in [-0.15, -0.1) is 0 Å². The van der Waals surface area contributed by atoms with Crippen molar-refractivity contribution in [1.29, 1.82) is 0 Å². The summed E-state index contributed by atoms with van der Waals surface area (Å²) >= 11 is 6.18. The van der Waals surface area contributed by atoms with Crippen molar-refractivity contribution in [3.05, 3.63) is 53.1 Å². The Morgan fingerprint density at radius 1 is 1.00 bits per heavy atom. The van der Waals surface area contributed by atoms with Crippen molar-refractivity contribution in [3.8, 4) is 16.9 Å². The fraction of sp³-hybridized carbons (Fsp3) is 0.368. The van der Waals surface area contributed by atoms with Crippen molar-refractivity contribution < 1.29 is 4.74 Å². The van der Waals surface area contributed by atoms with Gasteiger partial charge in [0.2, 0.25) is 0 Å². The maximum Gasteiger partial charge on any atom is 0.119 e. The fourth-order valence-corrected chi connectivity index (χ4v) is 2.47. The van der Waals surface area contributed by atoms with Crippen molar-refractivity contribution in [2.24, 2.45) is 5.92 Å². The van der Waals surface area contributed by atoms with Crippen LogP contribution < -0.4 is 4.74 Å². The lowest BCUT2D eigenvalue weighted by atomic mass is 9.92. The molecule has 2 aromatic carbocycles. The van der Waals surface area contributed by atoms with E-state index in [2.05, 4.69) is 45.9 Å². The number of benzene rings is 2. The Labute approximate surface area is 132 Å². The highest BCUT2D eigenvalue weighted by Crippen LogP contribution is 2.33. The molecular formula is C19H23ClO. The number of hydrogen-bond acceptors (Lipinski definition) is 1. The second-order valence-electron chi connectivity index (χ2n) is 6.12. The molecule has 2 heteroatoms. The van der Waals surface area contributed by atoms with Crippen LogP contribution in [0.1, 0.15) is 39.2 Å². The van der Waals surface area contributed by atoms with Crippen LogP contribution in [0.25, 0.3) is 11.1 Å². The zero-order chi connectivity index (χ0) is 15.4. The van der Waals surface area contributed by atoms with Gasteiger partial charge in [0.15, 0.2) is 0 Å². The summed E-state index contributed by atoms with van der Waals surface area (Å²) in [6.07, 6.45) is 0. The molecule has 0 heterocycles. The van der Waals surface area contributed by atoms with Gasteiger partial charge in [0.1, 0.15) is 5.75 Å². The minimum atomic E-state index is 0.456. The Hall–Kier alpha value is -1.47. The zero-order valence-electron chi connectivity index (χ0n) is 13.2. The van der Waals surface area contributed by atoms with Gasteiger partial charge in [-0.3, -0.25) is 0 Å². The smallest absolute Gasteiger partial charge is 0.119 e. The van der Waals surface area contributed by atoms with Crippen molar-refractivity contribution in [2.75, 3.05) is 6.61 Å². The van der Waals surface area contributed by atoms with Crippen LogP contribution in [0.3, 0.4) is 0 Å². The number of rotatable bonds is 5. The van der Waals surface area contributed by atoms with Gasteiger partial charge in [-0.05, 0) is 52.8 Å². The van der Waals surface area contributed by atoms with E-state index in [-0.39, 0.29) is 0 Å². The Morgan fingerprint density at radius 2 is 1.76 bits per heavy atom. The standard InChI is InChI=1S/C19H23ClO/c1-13(2)12-21-17-7-5-6-15(10-17)19-11-16(20)8-9-18(19)14(3)4/h5-11,13-14H,12H2,1-4H3. The predicted molar refractivity (Wildman–Crippen MR) is 91.3 cm³/mol. The Bertz CT molecular complexity index is 602. The lowest BCUT2D eigenvalue weighted by Gasteiger charge is -2.15. The van der Waals surface area contributed by atoms with Crippen LogP contribution in [0.15, 0.2) is 42.5 Å². The molecule has 0 aliphatic carbocycles. The van der Waals surface area contributed by atoms with E-state index in [4.69, 9.17) is 16.3 Å². The maximum atomic E-state index is 6.18. The summed E-state index contributed by atoms with van der Waals surface area (Å²) in [7, 11) is 0. The summed E-state index contributed by atoms with van der Waals surface area (Å²) in [5, 5.41) is 0.767. The predicted octanol–water partition coefficient (Wildman–Crippen LogP) is 6.17. The lowest BCUT2D eigenvalue weighted by molar-refractivity contribution is 0.271. The van der Waals surface area contributed by atoms with Crippen LogP contribution >= 0.6 is 11.6 Å². The van der Waals surface area contributed by atoms with E-state index < -0.39 is 0 Å². The first-order chi connectivity index (χ1) is 9.97. The summed E-state index contributed by atoms with van der Waals surface area (Å²) in [5.74, 6) is 1.89. The van der Waals surface area contributed by atoms with E-state index >= 15 is 0 Å². The first kappa shape index (κ1) is 15.9. The summed E-state index contributed by atoms with van der Waals surface area (Å²) in [5.41, 5.74) is 3.65. The molecule has 0 N–H and O–H groups in total. The van der Waals surface area contributed by atoms with Crippen molar-refractivity contribution in [1.82, 2.24) is 0 Å². The van der Waals surface area contributed by atoms with Crippen molar-refractivity contribution >= 4 is 11.6 Å². The highest BCUT2D eigenvalue weighted by atomic mass is 35.5. The third-order valence-electron chi connectivity index (χ3n) is 3.37. The molecule has 0 amide bonds. The van der Waals surface area contributed by atoms with E-state index in [0.717, 1.165) is 22.9 Å². The Balaban J connectivity index is 2.37.